The van der Waals surface area contributed by atoms with E-state index in [1.165, 1.54) is 0 Å². The summed E-state index contributed by atoms with van der Waals surface area (Å²) in [4.78, 5) is 11.7. The molecule has 7 nitrogen and oxygen atoms in total. The van der Waals surface area contributed by atoms with Gasteiger partial charge in [-0.2, -0.15) is 0 Å². The lowest BCUT2D eigenvalue weighted by Gasteiger charge is -2.35. The molecule has 0 saturated heterocycles. The number of rotatable bonds is 13. The van der Waals surface area contributed by atoms with Crippen LogP contribution in [0.2, 0.25) is 6.04 Å². The fourth-order valence-electron chi connectivity index (χ4n) is 2.58. The average Bonchev–Trinajstić information content (AvgIpc) is 2.60. The lowest BCUT2D eigenvalue weighted by molar-refractivity contribution is -0.923. The van der Waals surface area contributed by atoms with Crippen LogP contribution >= 0.6 is 0 Å². The van der Waals surface area contributed by atoms with Crippen LogP contribution in [0.15, 0.2) is 0 Å². The Morgan fingerprint density at radius 2 is 1.52 bits per heavy atom. The summed E-state index contributed by atoms with van der Waals surface area (Å²) in [5.74, 6) is 0. The molecule has 0 bridgehead atoms. The van der Waals surface area contributed by atoms with Crippen LogP contribution in [-0.2, 0) is 18.0 Å². The van der Waals surface area contributed by atoms with Gasteiger partial charge in [-0.1, -0.05) is 0 Å². The van der Waals surface area contributed by atoms with Gasteiger partial charge in [-0.05, 0) is 27.2 Å². The van der Waals surface area contributed by atoms with Crippen molar-refractivity contribution in [2.75, 3.05) is 60.7 Å². The number of hydrogen-bond acceptors (Lipinski definition) is 5. The number of carbonyl (C=O) groups excluding carboxylic acids is 1. The van der Waals surface area contributed by atoms with Gasteiger partial charge >= 0.3 is 14.9 Å². The Morgan fingerprint density at radius 3 is 1.96 bits per heavy atom. The second-order valence-electron chi connectivity index (χ2n) is 5.48. The molecule has 0 fully saturated rings. The molecule has 8 heteroatoms. The van der Waals surface area contributed by atoms with Gasteiger partial charge in [0.15, 0.2) is 0 Å². The number of likely N-dealkylation sites (N-methyl/N-ethyl adjacent to an activating group) is 1. The van der Waals surface area contributed by atoms with Crippen molar-refractivity contribution in [1.82, 2.24) is 5.32 Å². The van der Waals surface area contributed by atoms with Gasteiger partial charge in [0.2, 0.25) is 0 Å². The number of carbonyl (C=O) groups is 1. The molecule has 0 aliphatic heterocycles. The van der Waals surface area contributed by atoms with Crippen molar-refractivity contribution >= 4 is 14.9 Å². The fourth-order valence-corrected chi connectivity index (χ4v) is 4.30. The normalized spacial score (nSPS) is 12.3. The SMILES string of the molecule is CC[N+](CC)(CC)CCOC(=O)NCCC[Si](OC)(OC)OC. The second-order valence-corrected chi connectivity index (χ2v) is 8.57. The molecule has 0 unspecified atom stereocenters. The van der Waals surface area contributed by atoms with Crippen molar-refractivity contribution in [3.63, 3.8) is 0 Å². The molecule has 1 N–H and O–H groups in total. The maximum atomic E-state index is 11.7. The molecule has 0 heterocycles. The van der Waals surface area contributed by atoms with Gasteiger partial charge in [0.1, 0.15) is 13.2 Å². The van der Waals surface area contributed by atoms with Gasteiger partial charge in [-0.15, -0.1) is 0 Å². The Labute approximate surface area is 142 Å². The van der Waals surface area contributed by atoms with E-state index in [1.54, 1.807) is 21.3 Å². The highest BCUT2D eigenvalue weighted by Gasteiger charge is 2.36. The minimum absolute atomic E-state index is 0.370. The highest BCUT2D eigenvalue weighted by molar-refractivity contribution is 6.60. The van der Waals surface area contributed by atoms with Crippen LogP contribution in [0.4, 0.5) is 4.79 Å². The molecule has 0 aliphatic rings. The van der Waals surface area contributed by atoms with Gasteiger partial charge in [-0.25, -0.2) is 4.79 Å². The van der Waals surface area contributed by atoms with E-state index in [2.05, 4.69) is 26.1 Å². The first-order chi connectivity index (χ1) is 11.0. The van der Waals surface area contributed by atoms with E-state index < -0.39 is 8.80 Å². The smallest absolute Gasteiger partial charge is 0.444 e. The lowest BCUT2D eigenvalue weighted by atomic mass is 10.3. The minimum Gasteiger partial charge on any atom is -0.444 e. The average molecular weight is 352 g/mol. The first-order valence-corrected chi connectivity index (χ1v) is 10.3. The number of amides is 1. The first-order valence-electron chi connectivity index (χ1n) is 8.38. The number of quaternary nitrogens is 1. The molecule has 0 aromatic carbocycles. The first kappa shape index (κ1) is 22.3. The van der Waals surface area contributed by atoms with Crippen molar-refractivity contribution in [2.24, 2.45) is 0 Å². The summed E-state index contributed by atoms with van der Waals surface area (Å²) in [5.41, 5.74) is 0. The lowest BCUT2D eigenvalue weighted by Crippen LogP contribution is -2.50. The zero-order valence-corrected chi connectivity index (χ0v) is 16.6. The summed E-state index contributed by atoms with van der Waals surface area (Å²) >= 11 is 0. The third-order valence-electron chi connectivity index (χ3n) is 4.67. The highest BCUT2D eigenvalue weighted by atomic mass is 28.4. The zero-order valence-electron chi connectivity index (χ0n) is 15.6. The summed E-state index contributed by atoms with van der Waals surface area (Å²) in [6.07, 6.45) is 0.348. The molecule has 0 aromatic rings. The van der Waals surface area contributed by atoms with Crippen molar-refractivity contribution in [1.29, 1.82) is 0 Å². The molecular weight excluding hydrogens is 316 g/mol. The van der Waals surface area contributed by atoms with E-state index in [0.29, 0.717) is 19.2 Å². The highest BCUT2D eigenvalue weighted by Crippen LogP contribution is 2.14. The quantitative estimate of drug-likeness (QED) is 0.312. The predicted molar refractivity (Wildman–Crippen MR) is 92.3 cm³/mol. The zero-order chi connectivity index (χ0) is 17.8. The second kappa shape index (κ2) is 11.8. The molecule has 23 heavy (non-hydrogen) atoms. The summed E-state index contributed by atoms with van der Waals surface area (Å²) in [5, 5.41) is 2.76. The van der Waals surface area contributed by atoms with E-state index in [0.717, 1.165) is 37.1 Å². The number of ether oxygens (including phenoxy) is 1. The van der Waals surface area contributed by atoms with E-state index >= 15 is 0 Å². The Bertz CT molecular complexity index is 306. The Hall–Kier alpha value is -0.673. The van der Waals surface area contributed by atoms with Gasteiger partial charge in [0, 0.05) is 33.9 Å². The molecule has 138 valence electrons. The standard InChI is InChI=1S/C15H34N2O5Si/c1-7-17(8-2,9-3)12-13-22-15(18)16-11-10-14-23(19-4,20-5)21-6/h7-14H2,1-6H3/p+1. The van der Waals surface area contributed by atoms with Crippen molar-refractivity contribution < 1.29 is 27.3 Å². The Balaban J connectivity index is 3.96. The summed E-state index contributed by atoms with van der Waals surface area (Å²) in [6, 6.07) is 0.651. The van der Waals surface area contributed by atoms with Crippen LogP contribution < -0.4 is 5.32 Å². The number of alkyl carbamates (subject to hydrolysis) is 1. The van der Waals surface area contributed by atoms with Gasteiger partial charge < -0.3 is 27.8 Å². The number of hydrogen-bond donors (Lipinski definition) is 1. The van der Waals surface area contributed by atoms with Crippen molar-refractivity contribution in [3.05, 3.63) is 0 Å². The molecule has 0 atom stereocenters. The molecular formula is C15H35N2O5Si+. The Kier molecular flexibility index (Phi) is 11.5. The maximum Gasteiger partial charge on any atom is 0.500 e. The number of nitrogens with one attached hydrogen (secondary N) is 1. The van der Waals surface area contributed by atoms with E-state index in [-0.39, 0.29) is 6.09 Å². The molecule has 0 radical (unpaired) electrons. The monoisotopic (exact) mass is 351 g/mol. The van der Waals surface area contributed by atoms with Crippen LogP contribution in [0.25, 0.3) is 0 Å². The molecule has 0 spiro atoms. The third-order valence-corrected chi connectivity index (χ3v) is 7.51. The molecule has 0 aliphatic carbocycles. The Morgan fingerprint density at radius 1 is 1.00 bits per heavy atom. The predicted octanol–water partition coefficient (Wildman–Crippen LogP) is 1.86. The largest absolute Gasteiger partial charge is 0.500 e. The van der Waals surface area contributed by atoms with Crippen LogP contribution in [0, 0.1) is 0 Å². The van der Waals surface area contributed by atoms with E-state index in [1.807, 2.05) is 0 Å². The van der Waals surface area contributed by atoms with Gasteiger partial charge in [-0.3, -0.25) is 0 Å². The van der Waals surface area contributed by atoms with Gasteiger partial charge in [0.25, 0.3) is 0 Å². The molecule has 1 amide bonds. The minimum atomic E-state index is -2.55. The molecule has 0 rings (SSSR count). The summed E-state index contributed by atoms with van der Waals surface area (Å²) in [7, 11) is 2.20. The topological polar surface area (TPSA) is 66.0 Å². The van der Waals surface area contributed by atoms with Crippen molar-refractivity contribution in [2.45, 2.75) is 33.2 Å². The van der Waals surface area contributed by atoms with Crippen LogP contribution in [0.5, 0.6) is 0 Å². The summed E-state index contributed by atoms with van der Waals surface area (Å²) < 4.78 is 22.2. The molecule has 0 saturated carbocycles. The van der Waals surface area contributed by atoms with Gasteiger partial charge in [0.05, 0.1) is 19.6 Å². The number of nitrogens with zero attached hydrogens (tertiary/aromatic N) is 1. The third kappa shape index (κ3) is 7.62. The van der Waals surface area contributed by atoms with Crippen LogP contribution in [-0.4, -0.2) is 80.0 Å². The van der Waals surface area contributed by atoms with E-state index in [9.17, 15) is 4.79 Å². The van der Waals surface area contributed by atoms with Crippen molar-refractivity contribution in [3.8, 4) is 0 Å². The fraction of sp³-hybridized carbons (Fsp3) is 0.933. The maximum absolute atomic E-state index is 11.7. The molecule has 0 aromatic heterocycles. The summed E-state index contributed by atoms with van der Waals surface area (Å²) in [6.45, 7) is 11.5. The van der Waals surface area contributed by atoms with E-state index in [4.69, 9.17) is 18.0 Å². The van der Waals surface area contributed by atoms with Crippen LogP contribution in [0.3, 0.4) is 0 Å². The van der Waals surface area contributed by atoms with Crippen LogP contribution in [0.1, 0.15) is 27.2 Å².